The number of aromatic nitrogens is 6. The summed E-state index contributed by atoms with van der Waals surface area (Å²) in [4.78, 5) is 34.7. The predicted octanol–water partition coefficient (Wildman–Crippen LogP) is 8.07. The molecule has 22 heteroatoms. The number of halogens is 2. The van der Waals surface area contributed by atoms with Gasteiger partial charge in [0.2, 0.25) is 12.8 Å². The minimum absolute atomic E-state index is 0.00971. The van der Waals surface area contributed by atoms with Gasteiger partial charge in [-0.2, -0.15) is 20.2 Å². The first-order chi connectivity index (χ1) is 39.7. The highest BCUT2D eigenvalue weighted by Crippen LogP contribution is 2.55. The van der Waals surface area contributed by atoms with Crippen LogP contribution in [0.2, 0.25) is 5.02 Å². The minimum atomic E-state index is -0.416. The summed E-state index contributed by atoms with van der Waals surface area (Å²) in [7, 11) is 1.00. The maximum atomic E-state index is 15.8. The Balaban J connectivity index is 0.000000256. The van der Waals surface area contributed by atoms with Gasteiger partial charge in [0.15, 0.2) is 11.5 Å². The van der Waals surface area contributed by atoms with Crippen LogP contribution in [0.3, 0.4) is 0 Å². The molecule has 8 heterocycles. The smallest absolute Gasteiger partial charge is 0.319 e. The molecular weight excluding hydrogens is 1070 g/mol. The number of H-pyrrole nitrogens is 2. The van der Waals surface area contributed by atoms with Gasteiger partial charge < -0.3 is 55.2 Å². The molecule has 5 aliphatic rings. The lowest BCUT2D eigenvalue weighted by molar-refractivity contribution is -0.118. The number of rotatable bonds is 15. The Morgan fingerprint density at radius 1 is 1.00 bits per heavy atom. The first-order valence-corrected chi connectivity index (χ1v) is 28.3. The van der Waals surface area contributed by atoms with Crippen LogP contribution >= 0.6 is 11.6 Å². The second-order valence-electron chi connectivity index (χ2n) is 21.7. The van der Waals surface area contributed by atoms with Gasteiger partial charge in [-0.1, -0.05) is 74.0 Å². The number of aryl methyl sites for hydroxylation is 1. The van der Waals surface area contributed by atoms with Crippen LogP contribution in [0.25, 0.3) is 49.8 Å². The first kappa shape index (κ1) is 59.1. The third-order valence-corrected chi connectivity index (χ3v) is 16.6. The van der Waals surface area contributed by atoms with E-state index in [1.807, 2.05) is 66.6 Å². The number of anilines is 1. The van der Waals surface area contributed by atoms with E-state index < -0.39 is 5.82 Å². The van der Waals surface area contributed by atoms with Gasteiger partial charge in [-0.25, -0.2) is 10.2 Å². The first-order valence-electron chi connectivity index (χ1n) is 28.0. The normalized spacial score (nSPS) is 19.4. The van der Waals surface area contributed by atoms with E-state index in [-0.39, 0.29) is 47.9 Å². The lowest BCUT2D eigenvalue weighted by Gasteiger charge is -2.35. The zero-order valence-electron chi connectivity index (χ0n) is 47.5. The van der Waals surface area contributed by atoms with Crippen LogP contribution < -0.4 is 41.3 Å². The molecule has 5 atom stereocenters. The molecule has 4 aromatic carbocycles. The highest BCUT2D eigenvalue weighted by atomic mass is 35.5. The van der Waals surface area contributed by atoms with Gasteiger partial charge in [0.25, 0.3) is 0 Å². The number of nitrogens with two attached hydrogens (primary N) is 2. The van der Waals surface area contributed by atoms with Crippen LogP contribution in [0.5, 0.6) is 17.5 Å². The lowest BCUT2D eigenvalue weighted by atomic mass is 9.93. The van der Waals surface area contributed by atoms with E-state index in [2.05, 4.69) is 63.6 Å². The number of ether oxygens (including phenoxy) is 4. The summed E-state index contributed by atoms with van der Waals surface area (Å²) in [5.41, 5.74) is 15.4. The molecule has 0 saturated carbocycles. The van der Waals surface area contributed by atoms with Gasteiger partial charge in [-0.05, 0) is 86.8 Å². The summed E-state index contributed by atoms with van der Waals surface area (Å²) < 4.78 is 41.5. The molecule has 3 aromatic heterocycles. The van der Waals surface area contributed by atoms with Crippen LogP contribution in [-0.2, 0) is 27.5 Å². The molecule has 4 saturated heterocycles. The molecule has 0 radical (unpaired) electrons. The van der Waals surface area contributed by atoms with E-state index in [0.29, 0.717) is 106 Å². The molecule has 0 spiro atoms. The number of fused-ring (bicyclic) bond motifs is 7. The number of hydrogen-bond donors (Lipinski definition) is 7. The number of likely N-dealkylation sites (tertiary alicyclic amines) is 1. The molecule has 4 fully saturated rings. The van der Waals surface area contributed by atoms with Crippen molar-refractivity contribution in [2.75, 3.05) is 44.9 Å². The molecule has 0 aliphatic carbocycles. The molecule has 7 aromatic rings. The zero-order chi connectivity index (χ0) is 58.2. The number of nitrogens with one attached hydrogen (secondary N) is 4. The molecule has 5 aliphatic heterocycles. The van der Waals surface area contributed by atoms with Crippen LogP contribution in [0.4, 0.5) is 10.2 Å². The predicted molar refractivity (Wildman–Crippen MR) is 315 cm³/mol. The Labute approximate surface area is 482 Å². The number of amides is 2. The van der Waals surface area contributed by atoms with Crippen molar-refractivity contribution in [1.82, 2.24) is 50.9 Å². The molecule has 9 N–H and O–H groups in total. The van der Waals surface area contributed by atoms with Crippen LogP contribution in [0, 0.1) is 25.6 Å². The largest absolute Gasteiger partial charge is 0.489 e. The van der Waals surface area contributed by atoms with Gasteiger partial charge in [0.05, 0.1) is 53.3 Å². The van der Waals surface area contributed by atoms with Crippen molar-refractivity contribution >= 4 is 57.7 Å². The third kappa shape index (κ3) is 12.6. The maximum Gasteiger partial charge on any atom is 0.319 e. The average molecular weight is 1140 g/mol. The van der Waals surface area contributed by atoms with E-state index in [1.54, 1.807) is 24.3 Å². The summed E-state index contributed by atoms with van der Waals surface area (Å²) >= 11 is 7.53. The van der Waals surface area contributed by atoms with Crippen molar-refractivity contribution in [3.8, 4) is 39.8 Å². The van der Waals surface area contributed by atoms with Crippen LogP contribution in [0.1, 0.15) is 87.7 Å². The molecule has 20 nitrogen and oxygen atoms in total. The number of hydrogen-bond acceptors (Lipinski definition) is 16. The summed E-state index contributed by atoms with van der Waals surface area (Å²) in [6.07, 6.45) is 11.5. The quantitative estimate of drug-likeness (QED) is 0.0291. The monoisotopic (exact) mass is 1140 g/mol. The number of aliphatic hydroxyl groups is 1. The Bertz CT molecular complexity index is 3350. The van der Waals surface area contributed by atoms with E-state index in [1.165, 1.54) is 18.9 Å². The maximum absolute atomic E-state index is 15.8. The Morgan fingerprint density at radius 3 is 2.39 bits per heavy atom. The summed E-state index contributed by atoms with van der Waals surface area (Å²) in [6.45, 7) is 16.2. The topological polar surface area (TPSA) is 260 Å². The van der Waals surface area contributed by atoms with Crippen molar-refractivity contribution in [2.45, 2.75) is 123 Å². The van der Waals surface area contributed by atoms with Crippen LogP contribution in [-0.4, -0.2) is 135 Å². The molecule has 2 amide bonds. The zero-order valence-corrected chi connectivity index (χ0v) is 48.3. The molecule has 436 valence electrons. The summed E-state index contributed by atoms with van der Waals surface area (Å²) in [5.74, 6) is 7.72. The SMILES string of the molecule is CC1CCCN1C=O.CO.Cc1[nH]ncc1-c1ccc(CNC=O)cc1.Cc1c(F)cc2[nH]ncc2c1-c1c(Cl)c2c3c(nc(OC4CCOCC4)nc3c1OCc1ccc(/C(N)=C/N(N)C(C)C(C)C)cc1)N1C3CNC(C3)C1CO2. The van der Waals surface area contributed by atoms with Gasteiger partial charge in [-0.3, -0.25) is 19.8 Å². The molecule has 5 unspecified atom stereocenters. The number of aromatic amines is 2. The van der Waals surface area contributed by atoms with E-state index in [4.69, 9.17) is 57.2 Å². The fraction of sp³-hybridized carbons (Fsp3) is 0.433. The average Bonchev–Trinajstić information content (AvgIpc) is 4.53. The van der Waals surface area contributed by atoms with Crippen molar-refractivity contribution in [3.05, 3.63) is 112 Å². The van der Waals surface area contributed by atoms with E-state index in [9.17, 15) is 9.59 Å². The highest BCUT2D eigenvalue weighted by Gasteiger charge is 2.49. The van der Waals surface area contributed by atoms with E-state index >= 15 is 4.39 Å². The molecule has 82 heavy (non-hydrogen) atoms. The van der Waals surface area contributed by atoms with Gasteiger partial charge in [0, 0.05) is 97.7 Å². The van der Waals surface area contributed by atoms with Crippen molar-refractivity contribution in [3.63, 3.8) is 0 Å². The number of benzene rings is 4. The number of hydrazine groups is 1. The van der Waals surface area contributed by atoms with Gasteiger partial charge in [0.1, 0.15) is 36.5 Å². The number of nitrogens with zero attached hydrogens (tertiary/aromatic N) is 7. The molecule has 2 bridgehead atoms. The molecule has 12 rings (SSSR count). The standard InChI is InChI=1S/C41H47ClFN9O4.C12H13N3O.C6H11NO.CH4O/c1-20(2)22(4)51(45)17-29(44)24-7-5-23(6-8-24)18-54-39-34(33-21(3)28(43)14-30-27(33)16-47-50-30)36(42)38-35-37(39)48-41(56-26-9-11-53-12-10-26)49-40(35)52-25-13-31(46-15-25)32(52)19-55-38;1-9-12(7-14-15-9)11-4-2-10(3-5-11)6-13-8-16;1-6-3-2-4-7(6)5-8;1-2/h5-8,14,16-17,20,22,25-26,31-32,46H,9-13,15,18-19,44-45H2,1-4H3,(H,47,50);2-5,7-8H,6H2,1H3,(H,13,16)(H,14,15);5-6H,2-4H2,1H3;2H,1H3/b29-17-;;;. The van der Waals surface area contributed by atoms with Gasteiger partial charge >= 0.3 is 6.01 Å². The summed E-state index contributed by atoms with van der Waals surface area (Å²) in [6, 6.07) is 18.5. The lowest BCUT2D eigenvalue weighted by Crippen LogP contribution is -2.53. The van der Waals surface area contributed by atoms with Gasteiger partial charge in [-0.15, -0.1) is 0 Å². The summed E-state index contributed by atoms with van der Waals surface area (Å²) in [5, 5.41) is 30.6. The van der Waals surface area contributed by atoms with Crippen molar-refractivity contribution in [1.29, 1.82) is 0 Å². The number of carbonyl (C=O) groups excluding carboxylic acids is 2. The van der Waals surface area contributed by atoms with Crippen molar-refractivity contribution < 1.29 is 38.0 Å². The minimum Gasteiger partial charge on any atom is -0.489 e. The number of aliphatic hydroxyl groups excluding tert-OH is 1. The van der Waals surface area contributed by atoms with E-state index in [0.717, 1.165) is 79.4 Å². The third-order valence-electron chi connectivity index (χ3n) is 16.2. The molecular formula is C60H75ClFN13O7. The fourth-order valence-corrected chi connectivity index (χ4v) is 11.5. The second-order valence-corrected chi connectivity index (χ2v) is 22.0. The fourth-order valence-electron chi connectivity index (χ4n) is 11.2. The Hall–Kier alpha value is -7.56. The van der Waals surface area contributed by atoms with Crippen LogP contribution in [0.15, 0.2) is 73.2 Å². The van der Waals surface area contributed by atoms with Crippen molar-refractivity contribution in [2.24, 2.45) is 17.5 Å². The number of carbonyl (C=O) groups is 2. The Kier molecular flexibility index (Phi) is 19.1. The second kappa shape index (κ2) is 26.6. The Morgan fingerprint density at radius 2 is 1.73 bits per heavy atom. The highest BCUT2D eigenvalue weighted by molar-refractivity contribution is 6.38. The number of piperazine rings is 1.